The Hall–Kier alpha value is -2.14. The Bertz CT molecular complexity index is 681. The highest BCUT2D eigenvalue weighted by Crippen LogP contribution is 2.19. The van der Waals surface area contributed by atoms with Crippen LogP contribution in [0.3, 0.4) is 0 Å². The van der Waals surface area contributed by atoms with Crippen molar-refractivity contribution in [2.45, 2.75) is 6.61 Å². The summed E-state index contributed by atoms with van der Waals surface area (Å²) in [6.07, 6.45) is 0. The minimum absolute atomic E-state index is 0.251. The number of hydrogen-bond donors (Lipinski definition) is 0. The van der Waals surface area contributed by atoms with Crippen LogP contribution in [0.5, 0.6) is 5.75 Å². The van der Waals surface area contributed by atoms with Crippen LogP contribution >= 0.6 is 15.9 Å². The molecule has 0 saturated heterocycles. The molecular weight excluding hydrogens is 320 g/mol. The summed E-state index contributed by atoms with van der Waals surface area (Å²) in [6, 6.07) is 17.2. The fraction of sp³-hybridized carbons (Fsp3) is 0.0667. The van der Waals surface area contributed by atoms with Gasteiger partial charge in [-0.3, -0.25) is 0 Å². The Morgan fingerprint density at radius 2 is 1.70 bits per heavy atom. The SMILES string of the molecule is Brc1ccc(OCc2nnc(-c3ccccc3)o2)cc1. The molecule has 0 saturated carbocycles. The number of halogens is 1. The highest BCUT2D eigenvalue weighted by molar-refractivity contribution is 9.10. The molecule has 5 heteroatoms. The third kappa shape index (κ3) is 3.05. The highest BCUT2D eigenvalue weighted by atomic mass is 79.9. The first kappa shape index (κ1) is 12.9. The van der Waals surface area contributed by atoms with Crippen molar-refractivity contribution in [2.24, 2.45) is 0 Å². The van der Waals surface area contributed by atoms with Gasteiger partial charge in [0.25, 0.3) is 5.89 Å². The fourth-order valence-corrected chi connectivity index (χ4v) is 1.95. The van der Waals surface area contributed by atoms with Crippen LogP contribution in [0, 0.1) is 0 Å². The van der Waals surface area contributed by atoms with Gasteiger partial charge in [0.2, 0.25) is 5.89 Å². The zero-order chi connectivity index (χ0) is 13.8. The number of rotatable bonds is 4. The molecule has 3 rings (SSSR count). The van der Waals surface area contributed by atoms with E-state index in [1.807, 2.05) is 54.6 Å². The predicted molar refractivity (Wildman–Crippen MR) is 78.2 cm³/mol. The quantitative estimate of drug-likeness (QED) is 0.723. The third-order valence-corrected chi connectivity index (χ3v) is 3.19. The number of aromatic nitrogens is 2. The minimum Gasteiger partial charge on any atom is -0.484 e. The van der Waals surface area contributed by atoms with E-state index < -0.39 is 0 Å². The zero-order valence-corrected chi connectivity index (χ0v) is 12.1. The zero-order valence-electron chi connectivity index (χ0n) is 10.5. The van der Waals surface area contributed by atoms with Crippen molar-refractivity contribution in [3.63, 3.8) is 0 Å². The molecule has 1 heterocycles. The molecule has 0 unspecified atom stereocenters. The molecule has 0 aliphatic carbocycles. The standard InChI is InChI=1S/C15H11BrN2O2/c16-12-6-8-13(9-7-12)19-10-14-17-18-15(20-14)11-4-2-1-3-5-11/h1-9H,10H2. The summed E-state index contributed by atoms with van der Waals surface area (Å²) in [4.78, 5) is 0. The van der Waals surface area contributed by atoms with Crippen molar-refractivity contribution in [1.29, 1.82) is 0 Å². The summed E-state index contributed by atoms with van der Waals surface area (Å²) < 4.78 is 12.1. The van der Waals surface area contributed by atoms with Crippen molar-refractivity contribution in [3.05, 3.63) is 65.0 Å². The lowest BCUT2D eigenvalue weighted by Gasteiger charge is -2.02. The second kappa shape index (κ2) is 5.88. The van der Waals surface area contributed by atoms with Crippen LogP contribution < -0.4 is 4.74 Å². The molecule has 2 aromatic carbocycles. The summed E-state index contributed by atoms with van der Waals surface area (Å²) in [7, 11) is 0. The van der Waals surface area contributed by atoms with Gasteiger partial charge in [-0.05, 0) is 36.4 Å². The average Bonchev–Trinajstić information content (AvgIpc) is 2.97. The van der Waals surface area contributed by atoms with Gasteiger partial charge in [0.15, 0.2) is 6.61 Å². The molecule has 3 aromatic rings. The van der Waals surface area contributed by atoms with E-state index in [0.717, 1.165) is 15.8 Å². The van der Waals surface area contributed by atoms with Gasteiger partial charge in [0.05, 0.1) is 0 Å². The second-order valence-corrected chi connectivity index (χ2v) is 5.03. The van der Waals surface area contributed by atoms with Crippen molar-refractivity contribution < 1.29 is 9.15 Å². The Labute approximate surface area is 124 Å². The van der Waals surface area contributed by atoms with E-state index >= 15 is 0 Å². The molecule has 0 aliphatic heterocycles. The molecule has 0 fully saturated rings. The predicted octanol–water partition coefficient (Wildman–Crippen LogP) is 4.08. The van der Waals surface area contributed by atoms with Gasteiger partial charge in [0, 0.05) is 10.0 Å². The van der Waals surface area contributed by atoms with Crippen LogP contribution in [0.15, 0.2) is 63.5 Å². The van der Waals surface area contributed by atoms with Gasteiger partial charge in [-0.15, -0.1) is 10.2 Å². The normalized spacial score (nSPS) is 10.4. The summed E-state index contributed by atoms with van der Waals surface area (Å²) >= 11 is 3.37. The summed E-state index contributed by atoms with van der Waals surface area (Å²) in [6.45, 7) is 0.251. The van der Waals surface area contributed by atoms with Gasteiger partial charge in [-0.1, -0.05) is 34.1 Å². The molecule has 1 aromatic heterocycles. The first-order chi connectivity index (χ1) is 9.81. The third-order valence-electron chi connectivity index (χ3n) is 2.66. The largest absolute Gasteiger partial charge is 0.484 e. The maximum atomic E-state index is 5.58. The topological polar surface area (TPSA) is 48.2 Å². The molecule has 0 N–H and O–H groups in total. The molecule has 0 amide bonds. The Balaban J connectivity index is 1.67. The van der Waals surface area contributed by atoms with Crippen LogP contribution in [0.1, 0.15) is 5.89 Å². The maximum absolute atomic E-state index is 5.58. The molecular formula is C15H11BrN2O2. The highest BCUT2D eigenvalue weighted by Gasteiger charge is 2.08. The Morgan fingerprint density at radius 3 is 2.45 bits per heavy atom. The fourth-order valence-electron chi connectivity index (χ4n) is 1.69. The Morgan fingerprint density at radius 1 is 0.950 bits per heavy atom. The van der Waals surface area contributed by atoms with Crippen LogP contribution in [0.25, 0.3) is 11.5 Å². The van der Waals surface area contributed by atoms with Crippen LogP contribution in [-0.2, 0) is 6.61 Å². The van der Waals surface area contributed by atoms with Gasteiger partial charge in [-0.25, -0.2) is 0 Å². The molecule has 0 aliphatic rings. The van der Waals surface area contributed by atoms with Crippen molar-refractivity contribution >= 4 is 15.9 Å². The monoisotopic (exact) mass is 330 g/mol. The van der Waals surface area contributed by atoms with Crippen LogP contribution in [-0.4, -0.2) is 10.2 Å². The molecule has 0 radical (unpaired) electrons. The smallest absolute Gasteiger partial charge is 0.254 e. The van der Waals surface area contributed by atoms with E-state index in [2.05, 4.69) is 26.1 Å². The van der Waals surface area contributed by atoms with E-state index in [0.29, 0.717) is 11.8 Å². The second-order valence-electron chi connectivity index (χ2n) is 4.11. The number of nitrogens with zero attached hydrogens (tertiary/aromatic N) is 2. The lowest BCUT2D eigenvalue weighted by atomic mass is 10.2. The van der Waals surface area contributed by atoms with E-state index in [9.17, 15) is 0 Å². The molecule has 0 atom stereocenters. The van der Waals surface area contributed by atoms with Crippen LogP contribution in [0.4, 0.5) is 0 Å². The first-order valence-corrected chi connectivity index (χ1v) is 6.87. The summed E-state index contributed by atoms with van der Waals surface area (Å²) in [5.41, 5.74) is 0.898. The molecule has 100 valence electrons. The lowest BCUT2D eigenvalue weighted by Crippen LogP contribution is -1.95. The Kier molecular flexibility index (Phi) is 3.78. The maximum Gasteiger partial charge on any atom is 0.254 e. The number of hydrogen-bond acceptors (Lipinski definition) is 4. The number of ether oxygens (including phenoxy) is 1. The molecule has 4 nitrogen and oxygen atoms in total. The van der Waals surface area contributed by atoms with E-state index in [4.69, 9.17) is 9.15 Å². The lowest BCUT2D eigenvalue weighted by molar-refractivity contribution is 0.264. The van der Waals surface area contributed by atoms with Gasteiger partial charge < -0.3 is 9.15 Å². The van der Waals surface area contributed by atoms with Gasteiger partial charge in [0.1, 0.15) is 5.75 Å². The van der Waals surface area contributed by atoms with E-state index in [1.54, 1.807) is 0 Å². The summed E-state index contributed by atoms with van der Waals surface area (Å²) in [5.74, 6) is 1.71. The molecule has 20 heavy (non-hydrogen) atoms. The average molecular weight is 331 g/mol. The molecule has 0 spiro atoms. The first-order valence-electron chi connectivity index (χ1n) is 6.07. The molecule has 0 bridgehead atoms. The van der Waals surface area contributed by atoms with Crippen molar-refractivity contribution in [1.82, 2.24) is 10.2 Å². The van der Waals surface area contributed by atoms with Crippen molar-refractivity contribution in [3.8, 4) is 17.2 Å². The number of benzene rings is 2. The van der Waals surface area contributed by atoms with Gasteiger partial charge >= 0.3 is 0 Å². The summed E-state index contributed by atoms with van der Waals surface area (Å²) in [5, 5.41) is 7.98. The van der Waals surface area contributed by atoms with Crippen LogP contribution in [0.2, 0.25) is 0 Å². The van der Waals surface area contributed by atoms with Crippen molar-refractivity contribution in [2.75, 3.05) is 0 Å². The van der Waals surface area contributed by atoms with E-state index in [1.165, 1.54) is 0 Å². The van der Waals surface area contributed by atoms with E-state index in [-0.39, 0.29) is 6.61 Å². The minimum atomic E-state index is 0.251. The van der Waals surface area contributed by atoms with Gasteiger partial charge in [-0.2, -0.15) is 0 Å².